The first-order valence-corrected chi connectivity index (χ1v) is 12.7. The summed E-state index contributed by atoms with van der Waals surface area (Å²) >= 11 is 2.51. The van der Waals surface area contributed by atoms with Crippen LogP contribution < -0.4 is 10.4 Å². The Morgan fingerprint density at radius 2 is 1.72 bits per heavy atom. The van der Waals surface area contributed by atoms with Crippen molar-refractivity contribution in [2.24, 2.45) is 10.2 Å². The highest BCUT2D eigenvalue weighted by Gasteiger charge is 2.36. The van der Waals surface area contributed by atoms with Crippen molar-refractivity contribution in [3.8, 4) is 11.3 Å². The van der Waals surface area contributed by atoms with E-state index in [0.717, 1.165) is 16.8 Å². The Hall–Kier alpha value is -4.22. The number of aryl methyl sites for hydroxylation is 1. The number of hydrogen-bond donors (Lipinski definition) is 2. The molecule has 180 valence electrons. The topological polar surface area (TPSA) is 120 Å². The van der Waals surface area contributed by atoms with Gasteiger partial charge < -0.3 is 5.11 Å². The molecule has 0 spiro atoms. The quantitative estimate of drug-likeness (QED) is 0.334. The summed E-state index contributed by atoms with van der Waals surface area (Å²) in [6.07, 6.45) is 0. The molecule has 1 atom stereocenters. The highest BCUT2D eigenvalue weighted by molar-refractivity contribution is 7.16. The number of carbonyl (C=O) groups excluding carboxylic acids is 1. The van der Waals surface area contributed by atoms with Crippen molar-refractivity contribution in [1.82, 2.24) is 9.97 Å². The summed E-state index contributed by atoms with van der Waals surface area (Å²) < 4.78 is 0. The summed E-state index contributed by atoms with van der Waals surface area (Å²) in [5.41, 5.74) is 6.37. The molecule has 0 fully saturated rings. The monoisotopic (exact) mass is 516 g/mol. The first-order chi connectivity index (χ1) is 17.4. The minimum absolute atomic E-state index is 0.110. The number of amides is 1. The number of carbonyl (C=O) groups is 2. The van der Waals surface area contributed by atoms with Crippen LogP contribution in [0.3, 0.4) is 0 Å². The van der Waals surface area contributed by atoms with Gasteiger partial charge in [0.2, 0.25) is 10.3 Å². The third kappa shape index (κ3) is 4.53. The standard InChI is InChI=1S/C25H20N6O3S2/c1-14(23(33)34)21-15(2)26-24(36-21)29-28-20-19(17-11-7-4-8-12-17)30-31(22(20)32)25-27-18(13-35-25)16-9-5-3-6-10-16/h3-14H,1-2H3,(H,26,29)(H,33,34)/b28-20-. The normalized spacial score (nSPS) is 15.3. The molecule has 1 unspecified atom stereocenters. The summed E-state index contributed by atoms with van der Waals surface area (Å²) in [4.78, 5) is 34.4. The van der Waals surface area contributed by atoms with E-state index in [1.807, 2.05) is 66.0 Å². The number of nitrogens with zero attached hydrogens (tertiary/aromatic N) is 5. The molecule has 4 aromatic rings. The van der Waals surface area contributed by atoms with Crippen LogP contribution in [0, 0.1) is 6.92 Å². The lowest BCUT2D eigenvalue weighted by atomic mass is 10.1. The van der Waals surface area contributed by atoms with Gasteiger partial charge in [-0.2, -0.15) is 15.2 Å². The molecule has 2 N–H and O–H groups in total. The minimum atomic E-state index is -0.932. The van der Waals surface area contributed by atoms with Gasteiger partial charge in [-0.3, -0.25) is 15.0 Å². The molecular formula is C25H20N6O3S2. The molecule has 9 nitrogen and oxygen atoms in total. The second-order valence-corrected chi connectivity index (χ2v) is 9.78. The molecule has 5 rings (SSSR count). The molecule has 0 aliphatic carbocycles. The summed E-state index contributed by atoms with van der Waals surface area (Å²) in [6, 6.07) is 19.0. The maximum absolute atomic E-state index is 13.4. The number of hydrogen-bond acceptors (Lipinski definition) is 9. The van der Waals surface area contributed by atoms with Crippen LogP contribution in [-0.4, -0.2) is 38.4 Å². The fraction of sp³-hybridized carbons (Fsp3) is 0.120. The molecule has 0 bridgehead atoms. The lowest BCUT2D eigenvalue weighted by Gasteiger charge is -2.06. The van der Waals surface area contributed by atoms with Crippen LogP contribution in [0.1, 0.15) is 29.0 Å². The number of nitrogens with one attached hydrogen (secondary N) is 1. The van der Waals surface area contributed by atoms with Crippen molar-refractivity contribution in [3.05, 3.63) is 82.2 Å². The van der Waals surface area contributed by atoms with E-state index in [1.54, 1.807) is 13.8 Å². The fourth-order valence-electron chi connectivity index (χ4n) is 3.59. The van der Waals surface area contributed by atoms with Crippen LogP contribution in [-0.2, 0) is 9.59 Å². The second kappa shape index (κ2) is 9.80. The summed E-state index contributed by atoms with van der Waals surface area (Å²) in [5.74, 6) is -2.06. The lowest BCUT2D eigenvalue weighted by Crippen LogP contribution is -2.28. The molecule has 2 aromatic heterocycles. The number of aromatic nitrogens is 2. The van der Waals surface area contributed by atoms with Crippen LogP contribution in [0.4, 0.5) is 10.3 Å². The molecule has 0 radical (unpaired) electrons. The van der Waals surface area contributed by atoms with Crippen molar-refractivity contribution in [1.29, 1.82) is 0 Å². The van der Waals surface area contributed by atoms with E-state index in [2.05, 4.69) is 25.6 Å². The minimum Gasteiger partial charge on any atom is -0.481 e. The first-order valence-electron chi connectivity index (χ1n) is 11.0. The molecular weight excluding hydrogens is 496 g/mol. The number of anilines is 2. The number of carboxylic acid groups (broad SMARTS) is 1. The van der Waals surface area contributed by atoms with E-state index in [0.29, 0.717) is 26.5 Å². The van der Waals surface area contributed by atoms with Gasteiger partial charge in [0, 0.05) is 21.4 Å². The van der Waals surface area contributed by atoms with Crippen LogP contribution >= 0.6 is 22.7 Å². The maximum atomic E-state index is 13.4. The number of thiazole rings is 2. The molecule has 1 aliphatic rings. The summed E-state index contributed by atoms with van der Waals surface area (Å²) in [6.45, 7) is 3.35. The van der Waals surface area contributed by atoms with Gasteiger partial charge in [0.1, 0.15) is 5.71 Å². The van der Waals surface area contributed by atoms with Crippen molar-refractivity contribution in [2.75, 3.05) is 10.4 Å². The molecule has 11 heteroatoms. The fourth-order valence-corrected chi connectivity index (χ4v) is 5.33. The number of aliphatic carboxylic acids is 1. The Bertz CT molecular complexity index is 1490. The lowest BCUT2D eigenvalue weighted by molar-refractivity contribution is -0.138. The van der Waals surface area contributed by atoms with E-state index in [4.69, 9.17) is 0 Å². The summed E-state index contributed by atoms with van der Waals surface area (Å²) in [5, 5.41) is 22.2. The van der Waals surface area contributed by atoms with Gasteiger partial charge in [-0.15, -0.1) is 11.3 Å². The van der Waals surface area contributed by atoms with E-state index in [1.165, 1.54) is 27.7 Å². The number of carboxylic acids is 1. The van der Waals surface area contributed by atoms with Gasteiger partial charge in [0.25, 0.3) is 0 Å². The van der Waals surface area contributed by atoms with Gasteiger partial charge >= 0.3 is 11.9 Å². The average Bonchev–Trinajstić information content (AvgIpc) is 3.60. The van der Waals surface area contributed by atoms with Gasteiger partial charge in [-0.25, -0.2) is 9.97 Å². The molecule has 3 heterocycles. The molecule has 1 aliphatic heterocycles. The van der Waals surface area contributed by atoms with Gasteiger partial charge in [-0.1, -0.05) is 72.0 Å². The highest BCUT2D eigenvalue weighted by atomic mass is 32.1. The number of hydrazone groups is 2. The zero-order valence-corrected chi connectivity index (χ0v) is 20.9. The molecule has 36 heavy (non-hydrogen) atoms. The van der Waals surface area contributed by atoms with Crippen LogP contribution in [0.2, 0.25) is 0 Å². The Morgan fingerprint density at radius 3 is 2.39 bits per heavy atom. The van der Waals surface area contributed by atoms with E-state index in [-0.39, 0.29) is 5.71 Å². The van der Waals surface area contributed by atoms with E-state index in [9.17, 15) is 14.7 Å². The smallest absolute Gasteiger partial charge is 0.311 e. The second-order valence-electron chi connectivity index (χ2n) is 7.91. The molecule has 1 amide bonds. The zero-order chi connectivity index (χ0) is 25.2. The van der Waals surface area contributed by atoms with Gasteiger partial charge in [-0.05, 0) is 13.8 Å². The third-order valence-electron chi connectivity index (χ3n) is 5.47. The summed E-state index contributed by atoms with van der Waals surface area (Å²) in [7, 11) is 0. The van der Waals surface area contributed by atoms with Gasteiger partial charge in [0.05, 0.1) is 17.3 Å². The Kier molecular flexibility index (Phi) is 6.40. The van der Waals surface area contributed by atoms with Crippen LogP contribution in [0.15, 0.2) is 76.2 Å². The van der Waals surface area contributed by atoms with Crippen molar-refractivity contribution < 1.29 is 14.7 Å². The molecule has 2 aromatic carbocycles. The van der Waals surface area contributed by atoms with E-state index < -0.39 is 17.8 Å². The van der Waals surface area contributed by atoms with E-state index >= 15 is 0 Å². The highest BCUT2D eigenvalue weighted by Crippen LogP contribution is 2.32. The Balaban J connectivity index is 1.47. The SMILES string of the molecule is Cc1nc(N/N=C2\C(=O)N(c3nc(-c4ccccc4)cs3)N=C2c2ccccc2)sc1C(C)C(=O)O. The maximum Gasteiger partial charge on any atom is 0.311 e. The first kappa shape index (κ1) is 23.5. The van der Waals surface area contributed by atoms with Crippen molar-refractivity contribution >= 4 is 56.2 Å². The van der Waals surface area contributed by atoms with Crippen LogP contribution in [0.25, 0.3) is 11.3 Å². The van der Waals surface area contributed by atoms with Gasteiger partial charge in [0.15, 0.2) is 5.71 Å². The Labute approximate surface area is 214 Å². The predicted octanol–water partition coefficient (Wildman–Crippen LogP) is 4.98. The third-order valence-corrected chi connectivity index (χ3v) is 7.53. The number of benzene rings is 2. The zero-order valence-electron chi connectivity index (χ0n) is 19.2. The molecule has 0 saturated heterocycles. The van der Waals surface area contributed by atoms with Crippen molar-refractivity contribution in [3.63, 3.8) is 0 Å². The average molecular weight is 517 g/mol. The predicted molar refractivity (Wildman–Crippen MR) is 142 cm³/mol. The van der Waals surface area contributed by atoms with Crippen LogP contribution in [0.5, 0.6) is 0 Å². The molecule has 0 saturated carbocycles. The largest absolute Gasteiger partial charge is 0.481 e. The Morgan fingerprint density at radius 1 is 1.06 bits per heavy atom. The number of rotatable bonds is 7. The van der Waals surface area contributed by atoms with Crippen molar-refractivity contribution in [2.45, 2.75) is 19.8 Å².